The van der Waals surface area contributed by atoms with Crippen molar-refractivity contribution < 1.29 is 14.3 Å². The van der Waals surface area contributed by atoms with E-state index in [4.69, 9.17) is 0 Å². The van der Waals surface area contributed by atoms with Crippen LogP contribution in [0.25, 0.3) is 11.1 Å². The second kappa shape index (κ2) is 8.51. The fraction of sp³-hybridized carbons (Fsp3) is 0.217. The van der Waals surface area contributed by atoms with Gasteiger partial charge in [-0.25, -0.2) is 4.39 Å². The first-order chi connectivity index (χ1) is 14.2. The van der Waals surface area contributed by atoms with Crippen LogP contribution in [0.1, 0.15) is 22.0 Å². The van der Waals surface area contributed by atoms with Crippen LogP contribution in [0.3, 0.4) is 0 Å². The van der Waals surface area contributed by atoms with Gasteiger partial charge in [0.25, 0.3) is 5.91 Å². The maximum Gasteiger partial charge on any atom is 0.269 e. The monoisotopic (exact) mass is 391 g/mol. The average molecular weight is 391 g/mol. The Morgan fingerprint density at radius 1 is 1.00 bits per heavy atom. The van der Waals surface area contributed by atoms with Gasteiger partial charge in [-0.2, -0.15) is 0 Å². The summed E-state index contributed by atoms with van der Waals surface area (Å²) < 4.78 is 13.1. The molecule has 1 aliphatic rings. The van der Waals surface area contributed by atoms with Gasteiger partial charge in [0.05, 0.1) is 6.61 Å². The van der Waals surface area contributed by atoms with Crippen LogP contribution in [0.15, 0.2) is 72.9 Å². The Hall–Kier alpha value is -3.09. The molecular formula is C23H22FN3O2. The predicted octanol–water partition coefficient (Wildman–Crippen LogP) is 2.73. The molecule has 3 N–H and O–H groups in total. The van der Waals surface area contributed by atoms with E-state index in [-0.39, 0.29) is 36.3 Å². The lowest BCUT2D eigenvalue weighted by atomic mass is 9.77. The Labute approximate surface area is 168 Å². The van der Waals surface area contributed by atoms with E-state index in [1.165, 1.54) is 12.1 Å². The van der Waals surface area contributed by atoms with Gasteiger partial charge < -0.3 is 15.7 Å². The molecule has 5 nitrogen and oxygen atoms in total. The molecule has 4 rings (SSSR count). The number of nitrogens with zero attached hydrogens (tertiary/aromatic N) is 1. The van der Waals surface area contributed by atoms with E-state index >= 15 is 0 Å². The van der Waals surface area contributed by atoms with Crippen LogP contribution < -0.4 is 10.6 Å². The molecule has 1 saturated heterocycles. The van der Waals surface area contributed by atoms with Gasteiger partial charge in [0, 0.05) is 30.7 Å². The van der Waals surface area contributed by atoms with Crippen molar-refractivity contribution in [1.82, 2.24) is 15.6 Å². The molecule has 0 bridgehead atoms. The number of benzene rings is 2. The third-order valence-corrected chi connectivity index (χ3v) is 5.35. The van der Waals surface area contributed by atoms with Crippen molar-refractivity contribution in [2.75, 3.05) is 13.2 Å². The molecule has 6 heteroatoms. The van der Waals surface area contributed by atoms with Gasteiger partial charge in [-0.05, 0) is 41.0 Å². The molecule has 2 aromatic carbocycles. The average Bonchev–Trinajstić information content (AvgIpc) is 2.75. The summed E-state index contributed by atoms with van der Waals surface area (Å²) in [5.74, 6) is -0.385. The number of aliphatic hydroxyl groups is 1. The molecule has 0 aliphatic carbocycles. The first-order valence-electron chi connectivity index (χ1n) is 9.58. The molecule has 29 heavy (non-hydrogen) atoms. The van der Waals surface area contributed by atoms with Crippen molar-refractivity contribution in [3.05, 3.63) is 90.0 Å². The van der Waals surface area contributed by atoms with Crippen molar-refractivity contribution in [2.24, 2.45) is 0 Å². The van der Waals surface area contributed by atoms with Crippen LogP contribution in [0.5, 0.6) is 0 Å². The van der Waals surface area contributed by atoms with E-state index in [1.54, 1.807) is 36.5 Å². The normalized spacial score (nSPS) is 20.7. The zero-order chi connectivity index (χ0) is 20.2. The lowest BCUT2D eigenvalue weighted by Gasteiger charge is -2.46. The number of halogens is 1. The summed E-state index contributed by atoms with van der Waals surface area (Å²) in [6, 6.07) is 19.6. The molecule has 1 aliphatic heterocycles. The molecule has 3 aromatic rings. The maximum absolute atomic E-state index is 13.1. The van der Waals surface area contributed by atoms with E-state index < -0.39 is 0 Å². The fourth-order valence-corrected chi connectivity index (χ4v) is 3.79. The lowest BCUT2D eigenvalue weighted by Crippen LogP contribution is -2.64. The molecule has 0 spiro atoms. The summed E-state index contributed by atoms with van der Waals surface area (Å²) in [6.07, 6.45) is 1.59. The Morgan fingerprint density at radius 3 is 2.31 bits per heavy atom. The van der Waals surface area contributed by atoms with Gasteiger partial charge in [-0.15, -0.1) is 0 Å². The third-order valence-electron chi connectivity index (χ3n) is 5.35. The number of hydrogen-bond donors (Lipinski definition) is 3. The quantitative estimate of drug-likeness (QED) is 0.604. The molecule has 0 unspecified atom stereocenters. The first-order valence-corrected chi connectivity index (χ1v) is 9.58. The zero-order valence-electron chi connectivity index (χ0n) is 15.8. The summed E-state index contributed by atoms with van der Waals surface area (Å²) in [7, 11) is 0. The number of carbonyl (C=O) groups excluding carboxylic acids is 1. The smallest absolute Gasteiger partial charge is 0.269 e. The van der Waals surface area contributed by atoms with E-state index in [2.05, 4.69) is 15.6 Å². The van der Waals surface area contributed by atoms with E-state index in [9.17, 15) is 14.3 Å². The van der Waals surface area contributed by atoms with Crippen LogP contribution in [0.4, 0.5) is 4.39 Å². The Kier molecular flexibility index (Phi) is 5.64. The highest BCUT2D eigenvalue weighted by molar-refractivity contribution is 5.92. The van der Waals surface area contributed by atoms with Gasteiger partial charge in [0.1, 0.15) is 11.5 Å². The van der Waals surface area contributed by atoms with Crippen molar-refractivity contribution in [3.8, 4) is 11.1 Å². The summed E-state index contributed by atoms with van der Waals surface area (Å²) >= 11 is 0. The van der Waals surface area contributed by atoms with Crippen LogP contribution in [-0.4, -0.2) is 41.2 Å². The molecule has 1 amide bonds. The number of rotatable bonds is 6. The number of aliphatic hydroxyl groups excluding tert-OH is 1. The second-order valence-corrected chi connectivity index (χ2v) is 7.14. The lowest BCUT2D eigenvalue weighted by molar-refractivity contribution is 0.0905. The second-order valence-electron chi connectivity index (χ2n) is 7.14. The van der Waals surface area contributed by atoms with Crippen LogP contribution in [0, 0.1) is 5.82 Å². The summed E-state index contributed by atoms with van der Waals surface area (Å²) in [5, 5.41) is 15.9. The molecule has 3 atom stereocenters. The number of aromatic nitrogens is 1. The standard InChI is InChI=1S/C23H22FN3O2/c24-18-10-8-16(9-11-18)15-4-6-17(7-5-15)22-20(27-21(22)14-28)13-26-23(29)19-3-1-2-12-25-19/h1-12,20-22,27-28H,13-14H2,(H,26,29)/t20-,21+,22+/m1/s1. The predicted molar refractivity (Wildman–Crippen MR) is 109 cm³/mol. The summed E-state index contributed by atoms with van der Waals surface area (Å²) in [6.45, 7) is 0.464. The number of hydrogen-bond acceptors (Lipinski definition) is 4. The number of nitrogens with one attached hydrogen (secondary N) is 2. The maximum atomic E-state index is 13.1. The van der Waals surface area contributed by atoms with Crippen molar-refractivity contribution >= 4 is 5.91 Å². The van der Waals surface area contributed by atoms with Crippen LogP contribution in [0.2, 0.25) is 0 Å². The zero-order valence-corrected chi connectivity index (χ0v) is 15.8. The Balaban J connectivity index is 1.44. The summed E-state index contributed by atoms with van der Waals surface area (Å²) in [4.78, 5) is 16.3. The van der Waals surface area contributed by atoms with Gasteiger partial charge in [0.2, 0.25) is 0 Å². The topological polar surface area (TPSA) is 74.2 Å². The molecule has 0 saturated carbocycles. The first kappa shape index (κ1) is 19.2. The van der Waals surface area contributed by atoms with E-state index in [0.717, 1.165) is 16.7 Å². The van der Waals surface area contributed by atoms with Crippen molar-refractivity contribution in [1.29, 1.82) is 0 Å². The minimum Gasteiger partial charge on any atom is -0.395 e. The third kappa shape index (κ3) is 4.18. The molecule has 0 radical (unpaired) electrons. The molecule has 1 aromatic heterocycles. The van der Waals surface area contributed by atoms with Crippen LogP contribution >= 0.6 is 0 Å². The highest BCUT2D eigenvalue weighted by atomic mass is 19.1. The highest BCUT2D eigenvalue weighted by Crippen LogP contribution is 2.33. The Morgan fingerprint density at radius 2 is 1.69 bits per heavy atom. The highest BCUT2D eigenvalue weighted by Gasteiger charge is 2.40. The molecule has 2 heterocycles. The van der Waals surface area contributed by atoms with E-state index in [0.29, 0.717) is 12.2 Å². The van der Waals surface area contributed by atoms with Crippen molar-refractivity contribution in [2.45, 2.75) is 18.0 Å². The molecule has 148 valence electrons. The summed E-state index contributed by atoms with van der Waals surface area (Å²) in [5.41, 5.74) is 3.42. The van der Waals surface area contributed by atoms with Crippen LogP contribution in [-0.2, 0) is 0 Å². The SMILES string of the molecule is O=C(NC[C@H]1N[C@@H](CO)[C@H]1c1ccc(-c2ccc(F)cc2)cc1)c1ccccn1. The number of amides is 1. The fourth-order valence-electron chi connectivity index (χ4n) is 3.79. The minimum absolute atomic E-state index is 0.0229. The minimum atomic E-state index is -0.257. The van der Waals surface area contributed by atoms with E-state index in [1.807, 2.05) is 24.3 Å². The van der Waals surface area contributed by atoms with Crippen molar-refractivity contribution in [3.63, 3.8) is 0 Å². The number of carbonyl (C=O) groups is 1. The van der Waals surface area contributed by atoms with Gasteiger partial charge in [-0.3, -0.25) is 9.78 Å². The van der Waals surface area contributed by atoms with Gasteiger partial charge >= 0.3 is 0 Å². The molecule has 1 fully saturated rings. The largest absolute Gasteiger partial charge is 0.395 e. The number of pyridine rings is 1. The van der Waals surface area contributed by atoms with Gasteiger partial charge in [0.15, 0.2) is 0 Å². The van der Waals surface area contributed by atoms with Gasteiger partial charge in [-0.1, -0.05) is 42.5 Å². The molecular weight excluding hydrogens is 369 g/mol. The Bertz CT molecular complexity index is 962.